The molecule has 52 valence electrons. The molecule has 0 aromatic carbocycles. The summed E-state index contributed by atoms with van der Waals surface area (Å²) in [6, 6.07) is 0. The van der Waals surface area contributed by atoms with E-state index in [0.29, 0.717) is 0 Å². The Balaban J connectivity index is 2.17. The maximum Gasteiger partial charge on any atom is 0.335 e. The molecule has 1 N–H and O–H groups in total. The Morgan fingerprint density at radius 3 is 2.78 bits per heavy atom. The molecule has 1 aliphatic rings. The second kappa shape index (κ2) is 2.35. The molecule has 3 nitrogen and oxygen atoms in total. The van der Waals surface area contributed by atoms with E-state index < -0.39 is 12.1 Å². The molecule has 0 unspecified atom stereocenters. The normalized spacial score (nSPS) is 32.1. The van der Waals surface area contributed by atoms with Crippen molar-refractivity contribution in [3.63, 3.8) is 0 Å². The number of epoxide rings is 1. The van der Waals surface area contributed by atoms with Crippen LogP contribution in [0.1, 0.15) is 19.8 Å². The van der Waals surface area contributed by atoms with Crippen molar-refractivity contribution in [2.75, 3.05) is 0 Å². The lowest BCUT2D eigenvalue weighted by molar-refractivity contribution is -0.138. The van der Waals surface area contributed by atoms with E-state index in [0.717, 1.165) is 12.8 Å². The SMILES string of the molecule is CCC[C@@H]1O[C@H]1C(=O)O. The van der Waals surface area contributed by atoms with Crippen LogP contribution in [0.5, 0.6) is 0 Å². The molecule has 0 spiro atoms. The molecule has 0 aromatic heterocycles. The summed E-state index contributed by atoms with van der Waals surface area (Å²) in [4.78, 5) is 10.1. The molecular formula is C6H10O3. The third-order valence-corrected chi connectivity index (χ3v) is 1.40. The van der Waals surface area contributed by atoms with Crippen LogP contribution in [0.3, 0.4) is 0 Å². The molecule has 9 heavy (non-hydrogen) atoms. The van der Waals surface area contributed by atoms with Crippen LogP contribution in [0.2, 0.25) is 0 Å². The number of carbonyl (C=O) groups is 1. The van der Waals surface area contributed by atoms with Crippen molar-refractivity contribution >= 4 is 5.97 Å². The van der Waals surface area contributed by atoms with E-state index in [-0.39, 0.29) is 6.10 Å². The fraction of sp³-hybridized carbons (Fsp3) is 0.833. The summed E-state index contributed by atoms with van der Waals surface area (Å²) in [7, 11) is 0. The smallest absolute Gasteiger partial charge is 0.335 e. The molecule has 1 fully saturated rings. The topological polar surface area (TPSA) is 49.8 Å². The Labute approximate surface area is 53.6 Å². The van der Waals surface area contributed by atoms with Crippen LogP contribution >= 0.6 is 0 Å². The molecule has 0 bridgehead atoms. The zero-order valence-corrected chi connectivity index (χ0v) is 5.33. The van der Waals surface area contributed by atoms with Crippen molar-refractivity contribution in [1.29, 1.82) is 0 Å². The number of rotatable bonds is 3. The number of carboxylic acids is 1. The molecule has 1 rings (SSSR count). The van der Waals surface area contributed by atoms with E-state index in [1.54, 1.807) is 0 Å². The maximum absolute atomic E-state index is 10.1. The summed E-state index contributed by atoms with van der Waals surface area (Å²) >= 11 is 0. The monoisotopic (exact) mass is 130 g/mol. The lowest BCUT2D eigenvalue weighted by Gasteiger charge is -1.83. The van der Waals surface area contributed by atoms with Crippen molar-refractivity contribution in [2.45, 2.75) is 32.0 Å². The molecular weight excluding hydrogens is 120 g/mol. The van der Waals surface area contributed by atoms with Crippen molar-refractivity contribution in [2.24, 2.45) is 0 Å². The van der Waals surface area contributed by atoms with Gasteiger partial charge in [-0.15, -0.1) is 0 Å². The van der Waals surface area contributed by atoms with Gasteiger partial charge in [-0.05, 0) is 6.42 Å². The van der Waals surface area contributed by atoms with E-state index >= 15 is 0 Å². The first-order valence-electron chi connectivity index (χ1n) is 3.14. The van der Waals surface area contributed by atoms with E-state index in [1.165, 1.54) is 0 Å². The fourth-order valence-corrected chi connectivity index (χ4v) is 0.864. The quantitative estimate of drug-likeness (QED) is 0.570. The summed E-state index contributed by atoms with van der Waals surface area (Å²) in [5.41, 5.74) is 0. The largest absolute Gasteiger partial charge is 0.479 e. The number of hydrogen-bond donors (Lipinski definition) is 1. The highest BCUT2D eigenvalue weighted by atomic mass is 16.6. The first-order valence-corrected chi connectivity index (χ1v) is 3.14. The van der Waals surface area contributed by atoms with Crippen LogP contribution in [0.4, 0.5) is 0 Å². The van der Waals surface area contributed by atoms with Crippen LogP contribution in [0.15, 0.2) is 0 Å². The Morgan fingerprint density at radius 2 is 2.44 bits per heavy atom. The van der Waals surface area contributed by atoms with Crippen molar-refractivity contribution in [3.05, 3.63) is 0 Å². The first-order chi connectivity index (χ1) is 4.25. The predicted molar refractivity (Wildman–Crippen MR) is 31.2 cm³/mol. The number of carboxylic acid groups (broad SMARTS) is 1. The Hall–Kier alpha value is -0.570. The van der Waals surface area contributed by atoms with Gasteiger partial charge in [0.05, 0.1) is 6.10 Å². The van der Waals surface area contributed by atoms with Gasteiger partial charge in [0.2, 0.25) is 0 Å². The number of ether oxygens (including phenoxy) is 1. The summed E-state index contributed by atoms with van der Waals surface area (Å²) in [6.45, 7) is 2.01. The molecule has 0 amide bonds. The van der Waals surface area contributed by atoms with Gasteiger partial charge < -0.3 is 9.84 Å². The van der Waals surface area contributed by atoms with Crippen molar-refractivity contribution in [3.8, 4) is 0 Å². The van der Waals surface area contributed by atoms with Gasteiger partial charge in [0.15, 0.2) is 6.10 Å². The van der Waals surface area contributed by atoms with Gasteiger partial charge in [-0.25, -0.2) is 4.79 Å². The van der Waals surface area contributed by atoms with Crippen LogP contribution in [-0.4, -0.2) is 23.3 Å². The Kier molecular flexibility index (Phi) is 1.71. The zero-order chi connectivity index (χ0) is 6.85. The van der Waals surface area contributed by atoms with E-state index in [2.05, 4.69) is 0 Å². The highest BCUT2D eigenvalue weighted by Gasteiger charge is 2.43. The van der Waals surface area contributed by atoms with E-state index in [9.17, 15) is 4.79 Å². The summed E-state index contributed by atoms with van der Waals surface area (Å²) < 4.78 is 4.82. The van der Waals surface area contributed by atoms with Gasteiger partial charge in [-0.1, -0.05) is 13.3 Å². The molecule has 0 aromatic rings. The van der Waals surface area contributed by atoms with Crippen LogP contribution in [-0.2, 0) is 9.53 Å². The lowest BCUT2D eigenvalue weighted by Crippen LogP contribution is -2.07. The average Bonchev–Trinajstić information content (AvgIpc) is 2.47. The molecule has 0 aliphatic carbocycles. The summed E-state index contributed by atoms with van der Waals surface area (Å²) in [6.07, 6.45) is 1.38. The Bertz CT molecular complexity index is 121. The third-order valence-electron chi connectivity index (χ3n) is 1.40. The fourth-order valence-electron chi connectivity index (χ4n) is 0.864. The lowest BCUT2D eigenvalue weighted by atomic mass is 10.2. The highest BCUT2D eigenvalue weighted by molar-refractivity contribution is 5.75. The van der Waals surface area contributed by atoms with Crippen LogP contribution < -0.4 is 0 Å². The molecule has 0 radical (unpaired) electrons. The van der Waals surface area contributed by atoms with Gasteiger partial charge in [0, 0.05) is 0 Å². The van der Waals surface area contributed by atoms with Crippen LogP contribution in [0.25, 0.3) is 0 Å². The molecule has 0 saturated carbocycles. The minimum atomic E-state index is -0.826. The molecule has 1 aliphatic heterocycles. The second-order valence-corrected chi connectivity index (χ2v) is 2.22. The van der Waals surface area contributed by atoms with Gasteiger partial charge in [-0.2, -0.15) is 0 Å². The first kappa shape index (κ1) is 6.55. The minimum absolute atomic E-state index is 0.00694. The summed E-state index contributed by atoms with van der Waals surface area (Å²) in [5, 5.41) is 8.33. The van der Waals surface area contributed by atoms with Crippen molar-refractivity contribution < 1.29 is 14.6 Å². The number of aliphatic carboxylic acids is 1. The third kappa shape index (κ3) is 1.42. The van der Waals surface area contributed by atoms with Crippen LogP contribution in [0, 0.1) is 0 Å². The second-order valence-electron chi connectivity index (χ2n) is 2.22. The van der Waals surface area contributed by atoms with Gasteiger partial charge in [-0.3, -0.25) is 0 Å². The summed E-state index contributed by atoms with van der Waals surface area (Å²) in [5.74, 6) is -0.826. The van der Waals surface area contributed by atoms with E-state index in [1.807, 2.05) is 6.92 Å². The average molecular weight is 130 g/mol. The van der Waals surface area contributed by atoms with Gasteiger partial charge >= 0.3 is 5.97 Å². The van der Waals surface area contributed by atoms with Crippen molar-refractivity contribution in [1.82, 2.24) is 0 Å². The standard InChI is InChI=1S/C6H10O3/c1-2-3-4-5(9-4)6(7)8/h4-5H,2-3H2,1H3,(H,7,8)/t4-,5+/m0/s1. The maximum atomic E-state index is 10.1. The molecule has 1 saturated heterocycles. The van der Waals surface area contributed by atoms with Gasteiger partial charge in [0.1, 0.15) is 0 Å². The highest BCUT2D eigenvalue weighted by Crippen LogP contribution is 2.26. The van der Waals surface area contributed by atoms with Gasteiger partial charge in [0.25, 0.3) is 0 Å². The zero-order valence-electron chi connectivity index (χ0n) is 5.33. The molecule has 2 atom stereocenters. The Morgan fingerprint density at radius 1 is 1.78 bits per heavy atom. The van der Waals surface area contributed by atoms with E-state index in [4.69, 9.17) is 9.84 Å². The molecule has 3 heteroatoms. The minimum Gasteiger partial charge on any atom is -0.479 e. The number of hydrogen-bond acceptors (Lipinski definition) is 2. The predicted octanol–water partition coefficient (Wildman–Crippen LogP) is 0.639. The molecule has 1 heterocycles.